The lowest BCUT2D eigenvalue weighted by Crippen LogP contribution is -1.92. The van der Waals surface area contributed by atoms with Crippen molar-refractivity contribution >= 4 is 0 Å². The highest BCUT2D eigenvalue weighted by Crippen LogP contribution is 2.11. The lowest BCUT2D eigenvalue weighted by molar-refractivity contribution is 0.230. The second-order valence-corrected chi connectivity index (χ2v) is 2.97. The van der Waals surface area contributed by atoms with Crippen LogP contribution < -0.4 is 0 Å². The second-order valence-electron chi connectivity index (χ2n) is 2.97. The predicted molar refractivity (Wildman–Crippen MR) is 54.9 cm³/mol. The van der Waals surface area contributed by atoms with Gasteiger partial charge in [0.25, 0.3) is 0 Å². The third-order valence-corrected chi connectivity index (χ3v) is 1.75. The van der Waals surface area contributed by atoms with Crippen LogP contribution in [0.4, 0.5) is 0 Å². The molecule has 1 heterocycles. The molecule has 0 aromatic heterocycles. The first kappa shape index (κ1) is 12.1. The number of ether oxygens (including phenoxy) is 2. The van der Waals surface area contributed by atoms with Crippen molar-refractivity contribution in [2.75, 3.05) is 0 Å². The maximum Gasteiger partial charge on any atom is 0.138 e. The minimum absolute atomic E-state index is 0.826. The van der Waals surface area contributed by atoms with Crippen LogP contribution in [0.1, 0.15) is 47.0 Å². The van der Waals surface area contributed by atoms with E-state index in [1.54, 1.807) is 0 Å². The highest BCUT2D eigenvalue weighted by molar-refractivity contribution is 5.00. The third kappa shape index (κ3) is 6.26. The molecule has 0 aliphatic carbocycles. The van der Waals surface area contributed by atoms with Gasteiger partial charge in [0.1, 0.15) is 24.0 Å². The highest BCUT2D eigenvalue weighted by Gasteiger charge is 1.99. The van der Waals surface area contributed by atoms with Gasteiger partial charge in [-0.25, -0.2) is 0 Å². The summed E-state index contributed by atoms with van der Waals surface area (Å²) in [6.07, 6.45) is 7.11. The summed E-state index contributed by atoms with van der Waals surface area (Å²) in [5.41, 5.74) is 0. The molecule has 0 N–H and O–H groups in total. The number of hydrogen-bond acceptors (Lipinski definition) is 2. The van der Waals surface area contributed by atoms with Crippen molar-refractivity contribution < 1.29 is 9.47 Å². The summed E-state index contributed by atoms with van der Waals surface area (Å²) in [6.45, 7) is 8.14. The van der Waals surface area contributed by atoms with E-state index >= 15 is 0 Å². The standard InChI is InChI=1S/C6H8O2.C5H12/c1-5-6(2)8-4-3-7-5;1-3-5-4-2/h3-4H,1-2H3;3-5H2,1-2H3. The molecule has 0 bridgehead atoms. The topological polar surface area (TPSA) is 18.5 Å². The molecule has 0 amide bonds. The van der Waals surface area contributed by atoms with Crippen LogP contribution in [0.25, 0.3) is 0 Å². The summed E-state index contributed by atoms with van der Waals surface area (Å²) >= 11 is 0. The van der Waals surface area contributed by atoms with Gasteiger partial charge in [-0.2, -0.15) is 0 Å². The Morgan fingerprint density at radius 3 is 1.46 bits per heavy atom. The van der Waals surface area contributed by atoms with Gasteiger partial charge in [-0.1, -0.05) is 33.1 Å². The number of unbranched alkanes of at least 4 members (excludes halogenated alkanes) is 2. The monoisotopic (exact) mass is 184 g/mol. The number of allylic oxidation sites excluding steroid dienone is 2. The van der Waals surface area contributed by atoms with Gasteiger partial charge in [-0.3, -0.25) is 0 Å². The minimum Gasteiger partial charge on any atom is -0.463 e. The zero-order chi connectivity index (χ0) is 10.1. The summed E-state index contributed by atoms with van der Waals surface area (Å²) in [7, 11) is 0. The quantitative estimate of drug-likeness (QED) is 0.647. The van der Waals surface area contributed by atoms with Gasteiger partial charge in [0.15, 0.2) is 0 Å². The Kier molecular flexibility index (Phi) is 7.17. The van der Waals surface area contributed by atoms with Crippen LogP contribution in [0.15, 0.2) is 24.0 Å². The van der Waals surface area contributed by atoms with Crippen LogP contribution in [0.2, 0.25) is 0 Å². The van der Waals surface area contributed by atoms with Gasteiger partial charge in [0.05, 0.1) is 0 Å². The van der Waals surface area contributed by atoms with Crippen molar-refractivity contribution in [1.82, 2.24) is 0 Å². The molecule has 0 atom stereocenters. The normalized spacial score (nSPS) is 14.2. The van der Waals surface area contributed by atoms with E-state index in [-0.39, 0.29) is 0 Å². The Bertz CT molecular complexity index is 163. The lowest BCUT2D eigenvalue weighted by Gasteiger charge is -2.09. The van der Waals surface area contributed by atoms with E-state index in [2.05, 4.69) is 13.8 Å². The molecular formula is C11H20O2. The molecule has 13 heavy (non-hydrogen) atoms. The van der Waals surface area contributed by atoms with Gasteiger partial charge in [0, 0.05) is 0 Å². The first-order chi connectivity index (χ1) is 6.22. The fourth-order valence-electron chi connectivity index (χ4n) is 0.779. The summed E-state index contributed by atoms with van der Waals surface area (Å²) in [6, 6.07) is 0. The average molecular weight is 184 g/mol. The smallest absolute Gasteiger partial charge is 0.138 e. The average Bonchev–Trinajstić information content (AvgIpc) is 2.13. The van der Waals surface area contributed by atoms with Gasteiger partial charge in [0.2, 0.25) is 0 Å². The van der Waals surface area contributed by atoms with Crippen molar-refractivity contribution in [3.05, 3.63) is 24.0 Å². The Hall–Kier alpha value is -0.920. The molecule has 0 aromatic carbocycles. The number of hydrogen-bond donors (Lipinski definition) is 0. The van der Waals surface area contributed by atoms with Crippen molar-refractivity contribution in [3.63, 3.8) is 0 Å². The molecule has 2 nitrogen and oxygen atoms in total. The molecular weight excluding hydrogens is 164 g/mol. The SMILES string of the molecule is CC1=C(C)OC=CO1.CCCCC. The third-order valence-electron chi connectivity index (χ3n) is 1.75. The van der Waals surface area contributed by atoms with E-state index < -0.39 is 0 Å². The van der Waals surface area contributed by atoms with Crippen LogP contribution in [0.5, 0.6) is 0 Å². The molecule has 1 aliphatic heterocycles. The van der Waals surface area contributed by atoms with E-state index in [0.29, 0.717) is 0 Å². The molecule has 2 heteroatoms. The molecule has 0 unspecified atom stereocenters. The largest absolute Gasteiger partial charge is 0.463 e. The van der Waals surface area contributed by atoms with Crippen LogP contribution in [-0.2, 0) is 9.47 Å². The zero-order valence-electron chi connectivity index (χ0n) is 9.09. The van der Waals surface area contributed by atoms with Crippen molar-refractivity contribution in [2.45, 2.75) is 47.0 Å². The van der Waals surface area contributed by atoms with E-state index in [4.69, 9.17) is 9.47 Å². The van der Waals surface area contributed by atoms with Crippen LogP contribution in [0, 0.1) is 0 Å². The molecule has 0 radical (unpaired) electrons. The van der Waals surface area contributed by atoms with Crippen LogP contribution in [-0.4, -0.2) is 0 Å². The molecule has 0 fully saturated rings. The summed E-state index contributed by atoms with van der Waals surface area (Å²) in [5, 5.41) is 0. The molecule has 0 saturated heterocycles. The van der Waals surface area contributed by atoms with Gasteiger partial charge in [-0.15, -0.1) is 0 Å². The first-order valence-corrected chi connectivity index (χ1v) is 4.88. The van der Waals surface area contributed by atoms with Crippen molar-refractivity contribution in [3.8, 4) is 0 Å². The molecule has 0 aromatic rings. The second kappa shape index (κ2) is 7.71. The molecule has 1 rings (SSSR count). The van der Waals surface area contributed by atoms with Gasteiger partial charge in [-0.05, 0) is 13.8 Å². The Balaban J connectivity index is 0.000000252. The molecule has 76 valence electrons. The van der Waals surface area contributed by atoms with Crippen LogP contribution >= 0.6 is 0 Å². The van der Waals surface area contributed by atoms with Crippen molar-refractivity contribution in [2.24, 2.45) is 0 Å². The molecule has 0 spiro atoms. The summed E-state index contributed by atoms with van der Waals surface area (Å²) < 4.78 is 9.93. The maximum atomic E-state index is 4.96. The van der Waals surface area contributed by atoms with Gasteiger partial charge >= 0.3 is 0 Å². The van der Waals surface area contributed by atoms with Gasteiger partial charge < -0.3 is 9.47 Å². The molecule has 1 aliphatic rings. The molecule has 0 saturated carbocycles. The minimum atomic E-state index is 0.826. The highest BCUT2D eigenvalue weighted by atomic mass is 16.5. The van der Waals surface area contributed by atoms with E-state index in [1.165, 1.54) is 31.8 Å². The zero-order valence-corrected chi connectivity index (χ0v) is 9.09. The Morgan fingerprint density at radius 1 is 0.923 bits per heavy atom. The lowest BCUT2D eigenvalue weighted by atomic mass is 10.3. The fourth-order valence-corrected chi connectivity index (χ4v) is 0.779. The predicted octanol–water partition coefficient (Wildman–Crippen LogP) is 3.95. The van der Waals surface area contributed by atoms with Crippen molar-refractivity contribution in [1.29, 1.82) is 0 Å². The summed E-state index contributed by atoms with van der Waals surface area (Å²) in [4.78, 5) is 0. The fraction of sp³-hybridized carbons (Fsp3) is 0.636. The van der Waals surface area contributed by atoms with E-state index in [0.717, 1.165) is 11.5 Å². The van der Waals surface area contributed by atoms with Crippen LogP contribution in [0.3, 0.4) is 0 Å². The maximum absolute atomic E-state index is 4.96. The Labute approximate surface area is 81.2 Å². The van der Waals surface area contributed by atoms with E-state index in [9.17, 15) is 0 Å². The van der Waals surface area contributed by atoms with E-state index in [1.807, 2.05) is 13.8 Å². The number of rotatable bonds is 2. The summed E-state index contributed by atoms with van der Waals surface area (Å²) in [5.74, 6) is 1.65. The Morgan fingerprint density at radius 2 is 1.31 bits per heavy atom. The first-order valence-electron chi connectivity index (χ1n) is 4.88.